The van der Waals surface area contributed by atoms with Crippen LogP contribution >= 0.6 is 0 Å². The molecule has 2 heterocycles. The van der Waals surface area contributed by atoms with Crippen LogP contribution in [-0.4, -0.2) is 55.3 Å². The van der Waals surface area contributed by atoms with Crippen molar-refractivity contribution in [3.63, 3.8) is 0 Å². The predicted octanol–water partition coefficient (Wildman–Crippen LogP) is 3.30. The van der Waals surface area contributed by atoms with Crippen LogP contribution in [0.5, 0.6) is 0 Å². The summed E-state index contributed by atoms with van der Waals surface area (Å²) >= 11 is 0. The molecular weight excluding hydrogens is 563 g/mol. The van der Waals surface area contributed by atoms with Crippen molar-refractivity contribution in [3.8, 4) is 0 Å². The van der Waals surface area contributed by atoms with Crippen LogP contribution < -0.4 is 9.73 Å². The third-order valence-corrected chi connectivity index (χ3v) is 8.42. The fourth-order valence-corrected chi connectivity index (χ4v) is 6.27. The number of carbonyl (C=O) groups excluding carboxylic acids is 2. The first-order chi connectivity index (χ1) is 18.0. The van der Waals surface area contributed by atoms with Gasteiger partial charge in [-0.05, 0) is 48.7 Å². The summed E-state index contributed by atoms with van der Waals surface area (Å²) in [6.07, 6.45) is -13.2. The normalized spacial score (nSPS) is 18.7. The van der Waals surface area contributed by atoms with E-state index in [0.717, 1.165) is 29.3 Å². The monoisotopic (exact) mass is 583 g/mol. The van der Waals surface area contributed by atoms with Gasteiger partial charge in [0.25, 0.3) is 15.6 Å². The molecule has 0 radical (unpaired) electrons. The van der Waals surface area contributed by atoms with Crippen molar-refractivity contribution in [3.05, 3.63) is 59.4 Å². The molecule has 0 aromatic heterocycles. The zero-order valence-corrected chi connectivity index (χ0v) is 20.5. The molecule has 212 valence electrons. The van der Waals surface area contributed by atoms with Crippen LogP contribution in [0.4, 0.5) is 36.4 Å². The Bertz CT molecular complexity index is 1380. The smallest absolute Gasteiger partial charge is 0.369 e. The van der Waals surface area contributed by atoms with Gasteiger partial charge in [0.05, 0.1) is 29.6 Å². The summed E-state index contributed by atoms with van der Waals surface area (Å²) in [6, 6.07) is 3.80. The molecule has 2 aromatic carbocycles. The molecule has 0 aliphatic carbocycles. The van der Waals surface area contributed by atoms with Crippen LogP contribution in [0.25, 0.3) is 0 Å². The van der Waals surface area contributed by atoms with E-state index >= 15 is 0 Å². The van der Waals surface area contributed by atoms with Gasteiger partial charge < -0.3 is 5.11 Å². The molecule has 39 heavy (non-hydrogen) atoms. The van der Waals surface area contributed by atoms with Gasteiger partial charge >= 0.3 is 12.4 Å². The van der Waals surface area contributed by atoms with E-state index in [2.05, 4.69) is 5.43 Å². The maximum Gasteiger partial charge on any atom is 0.430 e. The number of benzene rings is 2. The van der Waals surface area contributed by atoms with E-state index in [4.69, 9.17) is 0 Å². The van der Waals surface area contributed by atoms with Gasteiger partial charge in [-0.2, -0.15) is 26.3 Å². The van der Waals surface area contributed by atoms with E-state index in [9.17, 15) is 53.8 Å². The third-order valence-electron chi connectivity index (χ3n) is 6.54. The fraction of sp³-hybridized carbons (Fsp3) is 0.391. The number of amides is 2. The number of nitrogens with zero attached hydrogens (tertiary/aromatic N) is 2. The highest BCUT2D eigenvalue weighted by molar-refractivity contribution is 7.92. The molecule has 2 amide bonds. The molecule has 0 spiro atoms. The Kier molecular flexibility index (Phi) is 7.08. The van der Waals surface area contributed by atoms with E-state index in [1.807, 2.05) is 0 Å². The average Bonchev–Trinajstić information content (AvgIpc) is 3.28. The Morgan fingerprint density at radius 1 is 1.00 bits per heavy atom. The summed E-state index contributed by atoms with van der Waals surface area (Å²) in [7, 11) is -4.62. The van der Waals surface area contributed by atoms with Gasteiger partial charge in [0.2, 0.25) is 11.8 Å². The van der Waals surface area contributed by atoms with Crippen LogP contribution in [0.15, 0.2) is 47.4 Å². The highest BCUT2D eigenvalue weighted by atomic mass is 32.2. The molecular formula is C23H20F7N3O5S. The lowest BCUT2D eigenvalue weighted by molar-refractivity contribution is -0.376. The quantitative estimate of drug-likeness (QED) is 0.526. The van der Waals surface area contributed by atoms with Crippen LogP contribution in [0.3, 0.4) is 0 Å². The minimum atomic E-state index is -6.15. The number of hydrogen-bond acceptors (Lipinski definition) is 5. The van der Waals surface area contributed by atoms with Crippen molar-refractivity contribution in [1.29, 1.82) is 0 Å². The van der Waals surface area contributed by atoms with Gasteiger partial charge in [-0.15, -0.1) is 0 Å². The van der Waals surface area contributed by atoms with Crippen molar-refractivity contribution in [2.24, 2.45) is 0 Å². The van der Waals surface area contributed by atoms with Crippen molar-refractivity contribution in [2.45, 2.75) is 54.6 Å². The summed E-state index contributed by atoms with van der Waals surface area (Å²) in [4.78, 5) is 23.8. The van der Waals surface area contributed by atoms with Crippen LogP contribution in [0.2, 0.25) is 0 Å². The summed E-state index contributed by atoms with van der Waals surface area (Å²) in [5, 5.41) is 10.8. The topological polar surface area (TPSA) is 107 Å². The largest absolute Gasteiger partial charge is 0.430 e. The van der Waals surface area contributed by atoms with Gasteiger partial charge in [0.1, 0.15) is 5.82 Å². The number of halogens is 7. The highest BCUT2D eigenvalue weighted by Gasteiger charge is 2.71. The van der Waals surface area contributed by atoms with E-state index in [1.165, 1.54) is 0 Å². The molecule has 4 rings (SSSR count). The number of hydrazine groups is 1. The minimum absolute atomic E-state index is 0.0148. The molecule has 0 saturated carbocycles. The number of aryl methyl sites for hydroxylation is 1. The lowest BCUT2D eigenvalue weighted by Crippen LogP contribution is -2.54. The number of alkyl halides is 6. The number of anilines is 1. The molecule has 2 aliphatic heterocycles. The number of rotatable bonds is 5. The van der Waals surface area contributed by atoms with Gasteiger partial charge in [0.15, 0.2) is 0 Å². The Labute approximate surface area is 217 Å². The summed E-state index contributed by atoms with van der Waals surface area (Å²) in [5.41, 5.74) is -5.06. The summed E-state index contributed by atoms with van der Waals surface area (Å²) in [5.74, 6) is -1.89. The molecule has 2 N–H and O–H groups in total. The molecule has 1 fully saturated rings. The second-order valence-corrected chi connectivity index (χ2v) is 10.8. The van der Waals surface area contributed by atoms with Crippen LogP contribution in [0.1, 0.15) is 30.4 Å². The second kappa shape index (κ2) is 9.66. The first-order valence-corrected chi connectivity index (χ1v) is 12.8. The van der Waals surface area contributed by atoms with E-state index in [0.29, 0.717) is 22.5 Å². The van der Waals surface area contributed by atoms with Gasteiger partial charge in [-0.1, -0.05) is 12.1 Å². The van der Waals surface area contributed by atoms with Crippen molar-refractivity contribution in [1.82, 2.24) is 10.4 Å². The van der Waals surface area contributed by atoms with Crippen molar-refractivity contribution >= 4 is 27.5 Å². The molecule has 1 saturated heterocycles. The van der Waals surface area contributed by atoms with Gasteiger partial charge in [0, 0.05) is 12.0 Å². The summed E-state index contributed by atoms with van der Waals surface area (Å²) in [6.45, 7) is 0.0164. The molecule has 2 aliphatic rings. The molecule has 16 heteroatoms. The van der Waals surface area contributed by atoms with Crippen LogP contribution in [-0.2, 0) is 31.6 Å². The summed E-state index contributed by atoms with van der Waals surface area (Å²) < 4.78 is 122. The van der Waals surface area contributed by atoms with Gasteiger partial charge in [-0.25, -0.2) is 12.8 Å². The highest BCUT2D eigenvalue weighted by Crippen LogP contribution is 2.51. The van der Waals surface area contributed by atoms with Crippen LogP contribution in [0, 0.1) is 5.82 Å². The SMILES string of the molecule is O=C1CCN(C(=O)CC2CCc3cc(C(O)(C(F)(F)F)C(F)(F)F)ccc3N2S(=O)(=O)c2ccc(F)cc2)N1. The molecule has 0 bridgehead atoms. The Hall–Kier alpha value is -3.40. The predicted molar refractivity (Wildman–Crippen MR) is 120 cm³/mol. The van der Waals surface area contributed by atoms with E-state index in [1.54, 1.807) is 0 Å². The average molecular weight is 583 g/mol. The molecule has 1 unspecified atom stereocenters. The second-order valence-electron chi connectivity index (χ2n) is 9.03. The maximum atomic E-state index is 13.6. The minimum Gasteiger partial charge on any atom is -0.369 e. The van der Waals surface area contributed by atoms with Gasteiger partial charge in [-0.3, -0.25) is 24.3 Å². The Balaban J connectivity index is 1.81. The van der Waals surface area contributed by atoms with Crippen molar-refractivity contribution in [2.75, 3.05) is 10.8 Å². The molecule has 8 nitrogen and oxygen atoms in total. The Morgan fingerprint density at radius 3 is 2.15 bits per heavy atom. The van der Waals surface area contributed by atoms with E-state index in [-0.39, 0.29) is 37.1 Å². The number of fused-ring (bicyclic) bond motifs is 1. The lowest BCUT2D eigenvalue weighted by atomic mass is 9.87. The number of carbonyl (C=O) groups is 2. The Morgan fingerprint density at radius 2 is 1.62 bits per heavy atom. The third kappa shape index (κ3) is 5.02. The standard InChI is InChI=1S/C23H20F7N3O5S/c24-15-3-6-17(7-4-15)39(37,38)33-16(12-20(35)32-10-9-19(34)31-32)5-1-13-11-14(2-8-18(13)33)21(36,22(25,26)27)23(28,29)30/h2-4,6-8,11,16,36H,1,5,9-10,12H2,(H,31,34). The zero-order valence-electron chi connectivity index (χ0n) is 19.7. The number of nitrogens with one attached hydrogen (secondary N) is 1. The number of aliphatic hydroxyl groups is 1. The molecule has 1 atom stereocenters. The number of sulfonamides is 1. The lowest BCUT2D eigenvalue weighted by Gasteiger charge is -2.39. The first kappa shape index (κ1) is 28.6. The van der Waals surface area contributed by atoms with E-state index < -0.39 is 68.5 Å². The maximum absolute atomic E-state index is 13.6. The number of hydrogen-bond donors (Lipinski definition) is 2. The zero-order chi connectivity index (χ0) is 29.0. The fourth-order valence-electron chi connectivity index (χ4n) is 4.56. The van der Waals surface area contributed by atoms with Crippen molar-refractivity contribution < 1.29 is 53.8 Å². The molecule has 2 aromatic rings. The first-order valence-electron chi connectivity index (χ1n) is 11.4.